The zero-order valence-corrected chi connectivity index (χ0v) is 27.5. The van der Waals surface area contributed by atoms with E-state index in [2.05, 4.69) is 170 Å². The maximum atomic E-state index is 4.36. The Hall–Kier alpha value is -3.97. The number of hydrogen-bond donors (Lipinski definition) is 0. The van der Waals surface area contributed by atoms with Crippen LogP contribution in [-0.4, -0.2) is 4.98 Å². The highest BCUT2D eigenvalue weighted by atomic mass is 14.6. The molecule has 0 bridgehead atoms. The van der Waals surface area contributed by atoms with Crippen LogP contribution in [0, 0.1) is 0 Å². The van der Waals surface area contributed by atoms with E-state index in [1.165, 1.54) is 44.5 Å². The Balaban J connectivity index is 1.81. The van der Waals surface area contributed by atoms with Crippen molar-refractivity contribution in [1.29, 1.82) is 0 Å². The largest absolute Gasteiger partial charge is 0.264 e. The van der Waals surface area contributed by atoms with E-state index in [1.54, 1.807) is 0 Å². The second kappa shape index (κ2) is 11.3. The first-order valence-corrected chi connectivity index (χ1v) is 15.5. The highest BCUT2D eigenvalue weighted by molar-refractivity contribution is 5.66. The second-order valence-electron chi connectivity index (χ2n) is 15.1. The van der Waals surface area contributed by atoms with Gasteiger partial charge < -0.3 is 0 Å². The van der Waals surface area contributed by atoms with Gasteiger partial charge in [-0.3, -0.25) is 4.98 Å². The Kier molecular flexibility index (Phi) is 7.99. The molecule has 0 radical (unpaired) electrons. The molecule has 0 amide bonds. The van der Waals surface area contributed by atoms with E-state index >= 15 is 0 Å². The average molecular weight is 566 g/mol. The summed E-state index contributed by atoms with van der Waals surface area (Å²) in [4.78, 5) is 4.36. The van der Waals surface area contributed by atoms with Crippen molar-refractivity contribution in [2.75, 3.05) is 0 Å². The first-order valence-electron chi connectivity index (χ1n) is 15.5. The lowest BCUT2D eigenvalue weighted by Crippen LogP contribution is -2.31. The molecule has 1 aromatic heterocycles. The Morgan fingerprint density at radius 3 is 0.930 bits per heavy atom. The van der Waals surface area contributed by atoms with Crippen molar-refractivity contribution < 1.29 is 0 Å². The molecule has 0 aliphatic heterocycles. The number of nitrogens with zero attached hydrogens (tertiary/aromatic N) is 1. The summed E-state index contributed by atoms with van der Waals surface area (Å²) in [6.07, 6.45) is 3.76. The quantitative estimate of drug-likeness (QED) is 0.193. The minimum atomic E-state index is -0.503. The highest BCUT2D eigenvalue weighted by Gasteiger charge is 2.39. The van der Waals surface area contributed by atoms with Crippen molar-refractivity contribution in [2.45, 2.75) is 84.0 Å². The summed E-state index contributed by atoms with van der Waals surface area (Å²) in [6.45, 7) is 20.5. The fourth-order valence-corrected chi connectivity index (χ4v) is 6.11. The van der Waals surface area contributed by atoms with Gasteiger partial charge in [-0.2, -0.15) is 0 Å². The molecule has 0 N–H and O–H groups in total. The Labute approximate surface area is 260 Å². The van der Waals surface area contributed by atoms with Crippen molar-refractivity contribution in [3.63, 3.8) is 0 Å². The fraction of sp³-hybridized carbons (Fsp3) is 0.310. The molecule has 0 spiro atoms. The van der Waals surface area contributed by atoms with Crippen molar-refractivity contribution in [1.82, 2.24) is 4.98 Å². The third kappa shape index (κ3) is 6.09. The maximum Gasteiger partial charge on any atom is 0.0701 e. The van der Waals surface area contributed by atoms with Gasteiger partial charge in [-0.05, 0) is 72.4 Å². The van der Waals surface area contributed by atoms with E-state index < -0.39 is 5.41 Å². The molecule has 1 nitrogen and oxygen atoms in total. The van der Waals surface area contributed by atoms with Gasteiger partial charge in [0.05, 0.1) is 5.41 Å². The third-order valence-corrected chi connectivity index (χ3v) is 8.86. The predicted molar refractivity (Wildman–Crippen MR) is 184 cm³/mol. The van der Waals surface area contributed by atoms with Gasteiger partial charge in [0.1, 0.15) is 0 Å². The van der Waals surface area contributed by atoms with Crippen LogP contribution in [0.25, 0.3) is 11.1 Å². The zero-order chi connectivity index (χ0) is 31.0. The molecular weight excluding hydrogens is 518 g/mol. The van der Waals surface area contributed by atoms with Crippen LogP contribution in [0.4, 0.5) is 0 Å². The van der Waals surface area contributed by atoms with Gasteiger partial charge in [-0.25, -0.2) is 0 Å². The minimum Gasteiger partial charge on any atom is -0.264 e. The van der Waals surface area contributed by atoms with Crippen LogP contribution in [0.1, 0.15) is 101 Å². The first kappa shape index (κ1) is 30.5. The predicted octanol–water partition coefficient (Wildman–Crippen LogP) is 11.0. The molecule has 0 saturated heterocycles. The monoisotopic (exact) mass is 565 g/mol. The molecule has 0 saturated carbocycles. The van der Waals surface area contributed by atoms with Crippen molar-refractivity contribution in [3.05, 3.63) is 161 Å². The minimum absolute atomic E-state index is 0.0786. The smallest absolute Gasteiger partial charge is 0.0701 e. The molecule has 0 unspecified atom stereocenters. The average Bonchev–Trinajstić information content (AvgIpc) is 2.98. The number of hydrogen-bond acceptors (Lipinski definition) is 1. The lowest BCUT2D eigenvalue weighted by molar-refractivity contribution is 0.587. The van der Waals surface area contributed by atoms with Crippen LogP contribution in [0.3, 0.4) is 0 Å². The number of rotatable bonds is 5. The van der Waals surface area contributed by atoms with Crippen LogP contribution >= 0.6 is 0 Å². The van der Waals surface area contributed by atoms with Crippen molar-refractivity contribution in [3.8, 4) is 11.1 Å². The van der Waals surface area contributed by atoms with Crippen LogP contribution in [0.15, 0.2) is 122 Å². The number of pyridine rings is 1. The maximum absolute atomic E-state index is 4.36. The molecule has 43 heavy (non-hydrogen) atoms. The molecule has 220 valence electrons. The molecule has 1 heteroatoms. The summed E-state index contributed by atoms with van der Waals surface area (Å²) in [5.74, 6) is 0. The van der Waals surface area contributed by atoms with Gasteiger partial charge in [-0.15, -0.1) is 0 Å². The summed E-state index contributed by atoms with van der Waals surface area (Å²) in [5.41, 5.74) is 11.1. The Morgan fingerprint density at radius 2 is 0.651 bits per heavy atom. The SMILES string of the molecule is CC(C)(C)c1ccc(C(c2ccc(-c3cccnc3)cc2)(c2ccc(C(C)(C)C)cc2)c2ccc(C(C)(C)C)cc2)cc1. The van der Waals surface area contributed by atoms with E-state index in [4.69, 9.17) is 0 Å². The van der Waals surface area contributed by atoms with Gasteiger partial charge in [0.25, 0.3) is 0 Å². The number of aromatic nitrogens is 1. The van der Waals surface area contributed by atoms with Crippen LogP contribution < -0.4 is 0 Å². The van der Waals surface area contributed by atoms with Gasteiger partial charge >= 0.3 is 0 Å². The standard InChI is InChI=1S/C42H47N/c1-39(2,3)32-16-22-36(23-17-32)42(37-24-18-33(19-25-37)40(4,5)6,38-26-20-34(21-27-38)41(7,8)9)35-14-12-30(13-15-35)31-11-10-28-43-29-31/h10-29H,1-9H3. The Morgan fingerprint density at radius 1 is 0.349 bits per heavy atom. The molecule has 4 aromatic carbocycles. The lowest BCUT2D eigenvalue weighted by atomic mass is 9.64. The third-order valence-electron chi connectivity index (χ3n) is 8.86. The van der Waals surface area contributed by atoms with Crippen LogP contribution in [0.2, 0.25) is 0 Å². The van der Waals surface area contributed by atoms with Crippen molar-refractivity contribution >= 4 is 0 Å². The topological polar surface area (TPSA) is 12.9 Å². The molecule has 1 heterocycles. The Bertz CT molecular complexity index is 1500. The van der Waals surface area contributed by atoms with Gasteiger partial charge in [0.15, 0.2) is 0 Å². The van der Waals surface area contributed by atoms with E-state index in [0.29, 0.717) is 0 Å². The molecular formula is C42H47N. The fourth-order valence-electron chi connectivity index (χ4n) is 6.11. The van der Waals surface area contributed by atoms with E-state index in [0.717, 1.165) is 5.56 Å². The van der Waals surface area contributed by atoms with Gasteiger partial charge in [-0.1, -0.05) is 165 Å². The molecule has 5 aromatic rings. The molecule has 5 rings (SSSR count). The van der Waals surface area contributed by atoms with Crippen molar-refractivity contribution in [2.24, 2.45) is 0 Å². The molecule has 0 fully saturated rings. The first-order chi connectivity index (χ1) is 20.2. The molecule has 0 aliphatic rings. The second-order valence-corrected chi connectivity index (χ2v) is 15.1. The van der Waals surface area contributed by atoms with Gasteiger partial charge in [0.2, 0.25) is 0 Å². The summed E-state index contributed by atoms with van der Waals surface area (Å²) in [7, 11) is 0. The lowest BCUT2D eigenvalue weighted by Gasteiger charge is -2.38. The summed E-state index contributed by atoms with van der Waals surface area (Å²) in [6, 6.07) is 41.3. The summed E-state index contributed by atoms with van der Waals surface area (Å²) in [5, 5.41) is 0. The molecule has 0 atom stereocenters. The van der Waals surface area contributed by atoms with E-state index in [9.17, 15) is 0 Å². The van der Waals surface area contributed by atoms with Crippen LogP contribution in [0.5, 0.6) is 0 Å². The van der Waals surface area contributed by atoms with E-state index in [-0.39, 0.29) is 16.2 Å². The van der Waals surface area contributed by atoms with Gasteiger partial charge in [0, 0.05) is 12.4 Å². The normalized spacial score (nSPS) is 12.8. The summed E-state index contributed by atoms with van der Waals surface area (Å²) < 4.78 is 0. The van der Waals surface area contributed by atoms with Crippen LogP contribution in [-0.2, 0) is 21.7 Å². The summed E-state index contributed by atoms with van der Waals surface area (Å²) >= 11 is 0. The number of benzene rings is 4. The highest BCUT2D eigenvalue weighted by Crippen LogP contribution is 2.47. The molecule has 0 aliphatic carbocycles. The zero-order valence-electron chi connectivity index (χ0n) is 27.5. The van der Waals surface area contributed by atoms with E-state index in [1.807, 2.05) is 18.5 Å².